The monoisotopic (exact) mass is 423 g/mol. The predicted octanol–water partition coefficient (Wildman–Crippen LogP) is 3.94. The number of imidazole rings is 1. The fourth-order valence-electron chi connectivity index (χ4n) is 5.12. The summed E-state index contributed by atoms with van der Waals surface area (Å²) in [6.45, 7) is 0. The predicted molar refractivity (Wildman–Crippen MR) is 115 cm³/mol. The van der Waals surface area contributed by atoms with Crippen LogP contribution in [0, 0.1) is 5.92 Å². The fraction of sp³-hybridized carbons (Fsp3) is 0.435. The van der Waals surface area contributed by atoms with Gasteiger partial charge in [0, 0.05) is 28.9 Å². The van der Waals surface area contributed by atoms with Gasteiger partial charge in [-0.2, -0.15) is 0 Å². The number of ether oxygens (including phenoxy) is 1. The van der Waals surface area contributed by atoms with E-state index in [1.54, 1.807) is 0 Å². The fourth-order valence-corrected chi connectivity index (χ4v) is 5.99. The van der Waals surface area contributed by atoms with Crippen LogP contribution in [-0.2, 0) is 20.7 Å². The lowest BCUT2D eigenvalue weighted by atomic mass is 9.84. The van der Waals surface area contributed by atoms with Gasteiger partial charge in [0.15, 0.2) is 4.96 Å². The van der Waals surface area contributed by atoms with Crippen molar-refractivity contribution >= 4 is 28.2 Å². The van der Waals surface area contributed by atoms with Crippen molar-refractivity contribution in [2.75, 3.05) is 7.11 Å². The van der Waals surface area contributed by atoms with Crippen molar-refractivity contribution in [1.82, 2.24) is 14.3 Å². The van der Waals surface area contributed by atoms with Crippen LogP contribution >= 0.6 is 11.3 Å². The third-order valence-electron chi connectivity index (χ3n) is 6.53. The Balaban J connectivity index is 1.42. The molecule has 1 aliphatic carbocycles. The zero-order valence-electron chi connectivity index (χ0n) is 17.0. The molecule has 30 heavy (non-hydrogen) atoms. The molecule has 0 bridgehead atoms. The molecule has 2 fully saturated rings. The smallest absolute Gasteiger partial charge is 0.328 e. The van der Waals surface area contributed by atoms with E-state index >= 15 is 0 Å². The van der Waals surface area contributed by atoms with Crippen LogP contribution in [0.2, 0.25) is 0 Å². The molecule has 156 valence electrons. The summed E-state index contributed by atoms with van der Waals surface area (Å²) in [5.74, 6) is 0.129. The number of methoxy groups -OCH3 is 1. The van der Waals surface area contributed by atoms with Crippen LogP contribution in [0.4, 0.5) is 0 Å². The number of fused-ring (bicyclic) bond motifs is 2. The number of amides is 1. The van der Waals surface area contributed by atoms with E-state index in [1.807, 2.05) is 51.2 Å². The molecule has 3 aromatic rings. The Bertz CT molecular complexity index is 1070. The van der Waals surface area contributed by atoms with Crippen molar-refractivity contribution in [3.05, 3.63) is 47.6 Å². The van der Waals surface area contributed by atoms with E-state index in [1.165, 1.54) is 24.9 Å². The lowest BCUT2D eigenvalue weighted by Crippen LogP contribution is -2.47. The van der Waals surface area contributed by atoms with E-state index < -0.39 is 6.04 Å². The van der Waals surface area contributed by atoms with Crippen LogP contribution in [0.5, 0.6) is 0 Å². The molecule has 1 aliphatic heterocycles. The highest BCUT2D eigenvalue weighted by molar-refractivity contribution is 7.15. The maximum absolute atomic E-state index is 13.4. The van der Waals surface area contributed by atoms with Gasteiger partial charge in [-0.25, -0.2) is 9.78 Å². The Kier molecular flexibility index (Phi) is 5.06. The van der Waals surface area contributed by atoms with Gasteiger partial charge in [0.1, 0.15) is 6.04 Å². The second kappa shape index (κ2) is 7.87. The molecule has 1 amide bonds. The van der Waals surface area contributed by atoms with Crippen molar-refractivity contribution < 1.29 is 14.3 Å². The molecule has 0 spiro atoms. The summed E-state index contributed by atoms with van der Waals surface area (Å²) >= 11 is 1.54. The standard InChI is InChI=1S/C23H25N3O3S/c1-29-22(28)20-11-16-9-5-6-10-19(16)26(20)21(27)12-17-14-30-23-24-18(13-25(17)23)15-7-3-2-4-8-15/h2-4,7-8,13-14,16,19-20H,5-6,9-12H2,1H3. The second-order valence-corrected chi connectivity index (χ2v) is 9.07. The molecule has 1 aromatic carbocycles. The number of nitrogens with zero attached hydrogens (tertiary/aromatic N) is 3. The molecule has 3 atom stereocenters. The quantitative estimate of drug-likeness (QED) is 0.597. The Hall–Kier alpha value is -2.67. The molecule has 2 aromatic heterocycles. The zero-order valence-corrected chi connectivity index (χ0v) is 17.8. The van der Waals surface area contributed by atoms with Crippen LogP contribution in [0.3, 0.4) is 0 Å². The molecule has 5 rings (SSSR count). The van der Waals surface area contributed by atoms with Gasteiger partial charge >= 0.3 is 5.97 Å². The SMILES string of the molecule is COC(=O)C1CC2CCCCC2N1C(=O)Cc1csc2nc(-c3ccccc3)cn12. The maximum Gasteiger partial charge on any atom is 0.328 e. The Labute approximate surface area is 179 Å². The first-order valence-corrected chi connectivity index (χ1v) is 11.4. The zero-order chi connectivity index (χ0) is 20.7. The number of hydrogen-bond donors (Lipinski definition) is 0. The van der Waals surface area contributed by atoms with Crippen LogP contribution in [0.15, 0.2) is 41.9 Å². The summed E-state index contributed by atoms with van der Waals surface area (Å²) in [6.07, 6.45) is 7.35. The van der Waals surface area contributed by atoms with Crippen molar-refractivity contribution in [1.29, 1.82) is 0 Å². The average Bonchev–Trinajstić information content (AvgIpc) is 3.47. The number of esters is 1. The highest BCUT2D eigenvalue weighted by atomic mass is 32.1. The summed E-state index contributed by atoms with van der Waals surface area (Å²) in [5.41, 5.74) is 2.87. The normalized spacial score (nSPS) is 23.5. The highest BCUT2D eigenvalue weighted by Gasteiger charge is 2.47. The lowest BCUT2D eigenvalue weighted by molar-refractivity contribution is -0.152. The summed E-state index contributed by atoms with van der Waals surface area (Å²) in [4.78, 5) is 33.3. The Morgan fingerprint density at radius 3 is 2.80 bits per heavy atom. The van der Waals surface area contributed by atoms with Gasteiger partial charge in [0.05, 0.1) is 19.2 Å². The molecule has 1 saturated carbocycles. The van der Waals surface area contributed by atoms with E-state index in [9.17, 15) is 9.59 Å². The minimum absolute atomic E-state index is 0.00876. The number of hydrogen-bond acceptors (Lipinski definition) is 5. The topological polar surface area (TPSA) is 63.9 Å². The average molecular weight is 424 g/mol. The number of rotatable bonds is 4. The van der Waals surface area contributed by atoms with Crippen molar-refractivity contribution in [3.8, 4) is 11.3 Å². The Morgan fingerprint density at radius 2 is 2.00 bits per heavy atom. The van der Waals surface area contributed by atoms with Gasteiger partial charge < -0.3 is 9.64 Å². The van der Waals surface area contributed by atoms with Gasteiger partial charge in [-0.05, 0) is 25.2 Å². The third-order valence-corrected chi connectivity index (χ3v) is 7.42. The largest absolute Gasteiger partial charge is 0.467 e. The van der Waals surface area contributed by atoms with Gasteiger partial charge in [0.25, 0.3) is 0 Å². The van der Waals surface area contributed by atoms with Crippen LogP contribution in [0.1, 0.15) is 37.8 Å². The molecule has 7 heteroatoms. The summed E-state index contributed by atoms with van der Waals surface area (Å²) in [5, 5.41) is 2.00. The third kappa shape index (κ3) is 3.31. The van der Waals surface area contributed by atoms with E-state index in [0.717, 1.165) is 47.6 Å². The first-order valence-electron chi connectivity index (χ1n) is 10.6. The molecule has 1 saturated heterocycles. The first-order chi connectivity index (χ1) is 14.7. The number of aromatic nitrogens is 2. The van der Waals surface area contributed by atoms with Gasteiger partial charge in [-0.3, -0.25) is 9.20 Å². The summed E-state index contributed by atoms with van der Waals surface area (Å²) < 4.78 is 7.04. The maximum atomic E-state index is 13.4. The molecule has 3 heterocycles. The number of likely N-dealkylation sites (tertiary alicyclic amines) is 1. The Morgan fingerprint density at radius 1 is 1.20 bits per heavy atom. The van der Waals surface area contributed by atoms with Crippen LogP contribution < -0.4 is 0 Å². The summed E-state index contributed by atoms with van der Waals surface area (Å²) in [6, 6.07) is 9.75. The van der Waals surface area contributed by atoms with Crippen molar-refractivity contribution in [2.24, 2.45) is 5.92 Å². The number of benzene rings is 1. The molecule has 6 nitrogen and oxygen atoms in total. The van der Waals surface area contributed by atoms with E-state index in [2.05, 4.69) is 0 Å². The summed E-state index contributed by atoms with van der Waals surface area (Å²) in [7, 11) is 1.41. The first kappa shape index (κ1) is 19.3. The highest BCUT2D eigenvalue weighted by Crippen LogP contribution is 2.40. The van der Waals surface area contributed by atoms with Crippen molar-refractivity contribution in [2.45, 2.75) is 50.6 Å². The molecular formula is C23H25N3O3S. The molecule has 2 aliphatic rings. The van der Waals surface area contributed by atoms with E-state index in [-0.39, 0.29) is 24.3 Å². The molecule has 0 N–H and O–H groups in total. The number of carbonyl (C=O) groups excluding carboxylic acids is 2. The van der Waals surface area contributed by atoms with Gasteiger partial charge in [-0.15, -0.1) is 11.3 Å². The molecular weight excluding hydrogens is 398 g/mol. The second-order valence-electron chi connectivity index (χ2n) is 8.24. The minimum atomic E-state index is -0.451. The van der Waals surface area contributed by atoms with Crippen LogP contribution in [-0.4, -0.2) is 45.4 Å². The van der Waals surface area contributed by atoms with Gasteiger partial charge in [-0.1, -0.05) is 43.2 Å². The van der Waals surface area contributed by atoms with E-state index in [4.69, 9.17) is 9.72 Å². The van der Waals surface area contributed by atoms with Crippen molar-refractivity contribution in [3.63, 3.8) is 0 Å². The van der Waals surface area contributed by atoms with Crippen LogP contribution in [0.25, 0.3) is 16.2 Å². The lowest BCUT2D eigenvalue weighted by Gasteiger charge is -2.33. The van der Waals surface area contributed by atoms with E-state index in [0.29, 0.717) is 5.92 Å². The minimum Gasteiger partial charge on any atom is -0.467 e. The number of thiazole rings is 1. The molecule has 0 radical (unpaired) electrons. The number of carbonyl (C=O) groups is 2. The molecule has 3 unspecified atom stereocenters. The van der Waals surface area contributed by atoms with Gasteiger partial charge in [0.2, 0.25) is 5.91 Å².